The van der Waals surface area contributed by atoms with E-state index in [1.807, 2.05) is 4.68 Å². The summed E-state index contributed by atoms with van der Waals surface area (Å²) >= 11 is 0. The van der Waals surface area contributed by atoms with Crippen molar-refractivity contribution in [2.24, 2.45) is 0 Å². The summed E-state index contributed by atoms with van der Waals surface area (Å²) in [6.45, 7) is 0. The van der Waals surface area contributed by atoms with Gasteiger partial charge in [-0.3, -0.25) is 4.79 Å². The molecule has 0 N–H and O–H groups in total. The SMILES string of the molecule is CS(=O)(=O)c1ccc(CCC(=O)N2C3CCC2CC(n2cncn2)C3)cc1. The Morgan fingerprint density at radius 3 is 2.33 bits per heavy atom. The molecule has 2 unspecified atom stereocenters. The summed E-state index contributed by atoms with van der Waals surface area (Å²) in [5.41, 5.74) is 0.987. The van der Waals surface area contributed by atoms with Gasteiger partial charge in [0, 0.05) is 24.8 Å². The van der Waals surface area contributed by atoms with Crippen molar-refractivity contribution >= 4 is 15.7 Å². The lowest BCUT2D eigenvalue weighted by molar-refractivity contribution is -0.136. The topological polar surface area (TPSA) is 85.2 Å². The third-order valence-corrected chi connectivity index (χ3v) is 6.91. The normalized spacial score (nSPS) is 24.9. The predicted octanol–water partition coefficient (Wildman–Crippen LogP) is 2.01. The molecule has 1 aromatic carbocycles. The highest BCUT2D eigenvalue weighted by atomic mass is 32.2. The molecule has 1 amide bonds. The van der Waals surface area contributed by atoms with E-state index in [1.165, 1.54) is 6.26 Å². The first-order valence-corrected chi connectivity index (χ1v) is 11.3. The van der Waals surface area contributed by atoms with E-state index in [9.17, 15) is 13.2 Å². The maximum atomic E-state index is 12.8. The predicted molar refractivity (Wildman–Crippen MR) is 99.8 cm³/mol. The summed E-state index contributed by atoms with van der Waals surface area (Å²) in [4.78, 5) is 19.3. The first-order chi connectivity index (χ1) is 12.9. The number of aromatic nitrogens is 3. The van der Waals surface area contributed by atoms with Crippen molar-refractivity contribution in [2.45, 2.75) is 61.5 Å². The Kier molecular flexibility index (Phi) is 4.75. The summed E-state index contributed by atoms with van der Waals surface area (Å²) in [5, 5.41) is 4.27. The fraction of sp³-hybridized carbons (Fsp3) is 0.526. The van der Waals surface area contributed by atoms with Crippen molar-refractivity contribution in [2.75, 3.05) is 6.26 Å². The summed E-state index contributed by atoms with van der Waals surface area (Å²) in [6.07, 6.45) is 9.61. The Labute approximate surface area is 159 Å². The van der Waals surface area contributed by atoms with Crippen molar-refractivity contribution in [3.8, 4) is 0 Å². The molecule has 0 spiro atoms. The van der Waals surface area contributed by atoms with Crippen molar-refractivity contribution in [1.82, 2.24) is 19.7 Å². The van der Waals surface area contributed by atoms with Gasteiger partial charge >= 0.3 is 0 Å². The fourth-order valence-electron chi connectivity index (χ4n) is 4.46. The molecule has 8 heteroatoms. The maximum absolute atomic E-state index is 12.8. The summed E-state index contributed by atoms with van der Waals surface area (Å²) in [7, 11) is -3.18. The maximum Gasteiger partial charge on any atom is 0.223 e. The Morgan fingerprint density at radius 2 is 1.78 bits per heavy atom. The number of carbonyl (C=O) groups excluding carboxylic acids is 1. The molecule has 0 radical (unpaired) electrons. The van der Waals surface area contributed by atoms with Crippen LogP contribution in [0.25, 0.3) is 0 Å². The Hall–Kier alpha value is -2.22. The number of sulfone groups is 1. The molecule has 2 fully saturated rings. The van der Waals surface area contributed by atoms with Gasteiger partial charge in [-0.05, 0) is 49.8 Å². The molecule has 1 aromatic heterocycles. The number of nitrogens with zero attached hydrogens (tertiary/aromatic N) is 4. The van der Waals surface area contributed by atoms with Gasteiger partial charge in [-0.2, -0.15) is 5.10 Å². The van der Waals surface area contributed by atoms with Crippen molar-refractivity contribution in [3.05, 3.63) is 42.5 Å². The quantitative estimate of drug-likeness (QED) is 0.782. The van der Waals surface area contributed by atoms with Crippen LogP contribution in [0.1, 0.15) is 43.7 Å². The molecule has 2 aliphatic heterocycles. The van der Waals surface area contributed by atoms with Gasteiger partial charge in [0.15, 0.2) is 9.84 Å². The van der Waals surface area contributed by atoms with E-state index in [0.717, 1.165) is 31.2 Å². The summed E-state index contributed by atoms with van der Waals surface area (Å²) < 4.78 is 25.0. The lowest BCUT2D eigenvalue weighted by Gasteiger charge is -2.39. The van der Waals surface area contributed by atoms with Crippen LogP contribution in [-0.4, -0.2) is 52.3 Å². The van der Waals surface area contributed by atoms with Crippen LogP contribution in [0, 0.1) is 0 Å². The monoisotopic (exact) mass is 388 g/mol. The smallest absolute Gasteiger partial charge is 0.223 e. The van der Waals surface area contributed by atoms with Gasteiger partial charge in [0.25, 0.3) is 0 Å². The molecule has 2 aromatic rings. The number of hydrogen-bond donors (Lipinski definition) is 0. The van der Waals surface area contributed by atoms with Crippen LogP contribution in [0.3, 0.4) is 0 Å². The van der Waals surface area contributed by atoms with Crippen LogP contribution >= 0.6 is 0 Å². The number of fused-ring (bicyclic) bond motifs is 2. The van der Waals surface area contributed by atoms with E-state index < -0.39 is 9.84 Å². The number of rotatable bonds is 5. The number of hydrogen-bond acceptors (Lipinski definition) is 5. The zero-order valence-electron chi connectivity index (χ0n) is 15.4. The molecule has 3 heterocycles. The molecule has 4 rings (SSSR count). The minimum absolute atomic E-state index is 0.201. The van der Waals surface area contributed by atoms with Crippen molar-refractivity contribution < 1.29 is 13.2 Å². The molecule has 2 aliphatic rings. The number of piperidine rings is 1. The van der Waals surface area contributed by atoms with Crippen LogP contribution in [0.5, 0.6) is 0 Å². The first kappa shape index (κ1) is 18.2. The third kappa shape index (κ3) is 3.76. The lowest BCUT2D eigenvalue weighted by atomic mass is 9.96. The van der Waals surface area contributed by atoms with Crippen molar-refractivity contribution in [3.63, 3.8) is 0 Å². The van der Waals surface area contributed by atoms with Crippen LogP contribution in [0.4, 0.5) is 0 Å². The molecule has 7 nitrogen and oxygen atoms in total. The number of aryl methyl sites for hydroxylation is 1. The van der Waals surface area contributed by atoms with Gasteiger partial charge in [-0.15, -0.1) is 0 Å². The van der Waals surface area contributed by atoms with E-state index >= 15 is 0 Å². The molecule has 0 saturated carbocycles. The van der Waals surface area contributed by atoms with Gasteiger partial charge in [0.1, 0.15) is 12.7 Å². The van der Waals surface area contributed by atoms with Crippen molar-refractivity contribution in [1.29, 1.82) is 0 Å². The van der Waals surface area contributed by atoms with E-state index in [1.54, 1.807) is 36.9 Å². The lowest BCUT2D eigenvalue weighted by Crippen LogP contribution is -2.47. The number of amides is 1. The Morgan fingerprint density at radius 1 is 1.11 bits per heavy atom. The van der Waals surface area contributed by atoms with E-state index in [4.69, 9.17) is 0 Å². The van der Waals surface area contributed by atoms with Gasteiger partial charge in [-0.1, -0.05) is 12.1 Å². The van der Waals surface area contributed by atoms with Gasteiger partial charge in [0.2, 0.25) is 5.91 Å². The summed E-state index contributed by atoms with van der Waals surface area (Å²) in [5.74, 6) is 0.201. The third-order valence-electron chi connectivity index (χ3n) is 5.79. The Bertz CT molecular complexity index is 895. The van der Waals surface area contributed by atoms with Crippen LogP contribution in [-0.2, 0) is 21.1 Å². The first-order valence-electron chi connectivity index (χ1n) is 9.36. The molecular formula is C19H24N4O3S. The summed E-state index contributed by atoms with van der Waals surface area (Å²) in [6, 6.07) is 7.74. The van der Waals surface area contributed by atoms with Gasteiger partial charge < -0.3 is 4.90 Å². The zero-order chi connectivity index (χ0) is 19.0. The molecule has 2 saturated heterocycles. The standard InChI is InChI=1S/C19H24N4O3S/c1-27(25,26)18-7-2-14(3-8-18)4-9-19(24)23-15-5-6-16(23)11-17(10-15)22-13-20-12-21-22/h2-3,7-8,12-13,15-17H,4-6,9-11H2,1H3. The minimum atomic E-state index is -3.18. The fourth-order valence-corrected chi connectivity index (χ4v) is 5.09. The van der Waals surface area contributed by atoms with Crippen LogP contribution < -0.4 is 0 Å². The molecule has 2 atom stereocenters. The molecule has 144 valence electrons. The number of carbonyl (C=O) groups is 1. The van der Waals surface area contributed by atoms with E-state index in [0.29, 0.717) is 23.8 Å². The highest BCUT2D eigenvalue weighted by molar-refractivity contribution is 7.90. The molecule has 2 bridgehead atoms. The largest absolute Gasteiger partial charge is 0.337 e. The zero-order valence-corrected chi connectivity index (χ0v) is 16.2. The molecular weight excluding hydrogens is 364 g/mol. The second-order valence-electron chi connectivity index (χ2n) is 7.60. The van der Waals surface area contributed by atoms with Gasteiger partial charge in [0.05, 0.1) is 10.9 Å². The minimum Gasteiger partial charge on any atom is -0.337 e. The second-order valence-corrected chi connectivity index (χ2v) is 9.62. The van der Waals surface area contributed by atoms with Gasteiger partial charge in [-0.25, -0.2) is 18.1 Å². The van der Waals surface area contributed by atoms with E-state index in [-0.39, 0.29) is 18.0 Å². The van der Waals surface area contributed by atoms with E-state index in [2.05, 4.69) is 15.0 Å². The molecule has 27 heavy (non-hydrogen) atoms. The average Bonchev–Trinajstić information content (AvgIpc) is 3.26. The second kappa shape index (κ2) is 7.07. The Balaban J connectivity index is 1.37. The number of benzene rings is 1. The van der Waals surface area contributed by atoms with Crippen LogP contribution in [0.2, 0.25) is 0 Å². The highest BCUT2D eigenvalue weighted by Crippen LogP contribution is 2.40. The average molecular weight is 388 g/mol. The molecule has 0 aliphatic carbocycles. The van der Waals surface area contributed by atoms with Crippen LogP contribution in [0.15, 0.2) is 41.8 Å². The highest BCUT2D eigenvalue weighted by Gasteiger charge is 2.43.